The summed E-state index contributed by atoms with van der Waals surface area (Å²) in [7, 11) is 0. The molecule has 0 saturated heterocycles. The van der Waals surface area contributed by atoms with E-state index in [1.165, 1.54) is 37.8 Å². The minimum atomic E-state index is -0.448. The van der Waals surface area contributed by atoms with Crippen LogP contribution in [0, 0.1) is 17.6 Å². The van der Waals surface area contributed by atoms with Crippen LogP contribution in [0.5, 0.6) is 0 Å². The average molecular weight is 360 g/mol. The van der Waals surface area contributed by atoms with Crippen LogP contribution in [0.3, 0.4) is 0 Å². The van der Waals surface area contributed by atoms with E-state index in [-0.39, 0.29) is 5.56 Å². The summed E-state index contributed by atoms with van der Waals surface area (Å²) in [5.41, 5.74) is 0.214. The second-order valence-corrected chi connectivity index (χ2v) is 6.82. The van der Waals surface area contributed by atoms with Gasteiger partial charge in [0.25, 0.3) is 0 Å². The summed E-state index contributed by atoms with van der Waals surface area (Å²) in [6.45, 7) is 3.12. The topological polar surface area (TPSA) is 12.0 Å². The van der Waals surface area contributed by atoms with E-state index in [9.17, 15) is 8.78 Å². The van der Waals surface area contributed by atoms with E-state index in [1.54, 1.807) is 0 Å². The van der Waals surface area contributed by atoms with Crippen LogP contribution < -0.4 is 5.32 Å². The SMILES string of the molecule is CCCNC(CCc1c(F)ccc(Br)c1F)C1CCCC1. The van der Waals surface area contributed by atoms with Crippen molar-refractivity contribution in [3.63, 3.8) is 0 Å². The van der Waals surface area contributed by atoms with Gasteiger partial charge in [-0.2, -0.15) is 0 Å². The largest absolute Gasteiger partial charge is 0.314 e. The van der Waals surface area contributed by atoms with Gasteiger partial charge in [0.05, 0.1) is 4.47 Å². The van der Waals surface area contributed by atoms with Crippen LogP contribution in [0.4, 0.5) is 8.78 Å². The molecule has 1 N–H and O–H groups in total. The van der Waals surface area contributed by atoms with Gasteiger partial charge in [-0.1, -0.05) is 19.8 Å². The molecule has 1 aromatic carbocycles. The maximum atomic E-state index is 14.0. The Balaban J connectivity index is 2.02. The third-order valence-corrected chi connectivity index (χ3v) is 5.08. The lowest BCUT2D eigenvalue weighted by Gasteiger charge is -2.25. The predicted octanol–water partition coefficient (Wildman–Crippen LogP) is 5.22. The molecule has 2 rings (SSSR count). The van der Waals surface area contributed by atoms with E-state index in [0.29, 0.717) is 22.9 Å². The van der Waals surface area contributed by atoms with E-state index in [4.69, 9.17) is 0 Å². The third-order valence-electron chi connectivity index (χ3n) is 4.47. The Hall–Kier alpha value is -0.480. The lowest BCUT2D eigenvalue weighted by molar-refractivity contribution is 0.338. The van der Waals surface area contributed by atoms with E-state index in [1.807, 2.05) is 0 Å². The van der Waals surface area contributed by atoms with Gasteiger partial charge in [0.2, 0.25) is 0 Å². The molecule has 0 spiro atoms. The van der Waals surface area contributed by atoms with E-state index >= 15 is 0 Å². The van der Waals surface area contributed by atoms with Crippen molar-refractivity contribution in [1.82, 2.24) is 5.32 Å². The molecule has 0 bridgehead atoms. The zero-order valence-electron chi connectivity index (χ0n) is 12.6. The Morgan fingerprint density at radius 2 is 2.00 bits per heavy atom. The molecule has 1 fully saturated rings. The van der Waals surface area contributed by atoms with Gasteiger partial charge in [-0.3, -0.25) is 0 Å². The first-order valence-corrected chi connectivity index (χ1v) is 8.78. The van der Waals surface area contributed by atoms with Crippen LogP contribution in [0.25, 0.3) is 0 Å². The predicted molar refractivity (Wildman–Crippen MR) is 86.4 cm³/mol. The second-order valence-electron chi connectivity index (χ2n) is 5.97. The van der Waals surface area contributed by atoms with Crippen molar-refractivity contribution >= 4 is 15.9 Å². The highest BCUT2D eigenvalue weighted by Gasteiger charge is 2.25. The van der Waals surface area contributed by atoms with Crippen LogP contribution in [-0.2, 0) is 6.42 Å². The summed E-state index contributed by atoms with van der Waals surface area (Å²) < 4.78 is 28.2. The van der Waals surface area contributed by atoms with Crippen molar-refractivity contribution in [2.45, 2.75) is 57.9 Å². The molecule has 118 valence electrons. The summed E-state index contributed by atoms with van der Waals surface area (Å²) >= 11 is 3.14. The Bertz CT molecular complexity index is 458. The van der Waals surface area contributed by atoms with Gasteiger partial charge in [-0.25, -0.2) is 8.78 Å². The molecule has 1 aromatic rings. The molecule has 1 aliphatic rings. The first-order valence-electron chi connectivity index (χ1n) is 7.99. The van der Waals surface area contributed by atoms with Crippen molar-refractivity contribution in [1.29, 1.82) is 0 Å². The monoisotopic (exact) mass is 359 g/mol. The first-order chi connectivity index (χ1) is 10.1. The van der Waals surface area contributed by atoms with Gasteiger partial charge >= 0.3 is 0 Å². The zero-order valence-corrected chi connectivity index (χ0v) is 14.2. The number of rotatable bonds is 7. The smallest absolute Gasteiger partial charge is 0.143 e. The molecular weight excluding hydrogens is 336 g/mol. The van der Waals surface area contributed by atoms with Crippen molar-refractivity contribution in [3.8, 4) is 0 Å². The van der Waals surface area contributed by atoms with E-state index in [0.717, 1.165) is 19.4 Å². The van der Waals surface area contributed by atoms with Gasteiger partial charge in [0.1, 0.15) is 11.6 Å². The summed E-state index contributed by atoms with van der Waals surface area (Å²) in [6, 6.07) is 3.15. The molecule has 1 nitrogen and oxygen atoms in total. The van der Waals surface area contributed by atoms with Crippen LogP contribution in [0.2, 0.25) is 0 Å². The van der Waals surface area contributed by atoms with Gasteiger partial charge < -0.3 is 5.32 Å². The fraction of sp³-hybridized carbons (Fsp3) is 0.647. The Morgan fingerprint density at radius 3 is 2.67 bits per heavy atom. The Labute approximate surface area is 134 Å². The Kier molecular flexibility index (Phi) is 6.62. The summed E-state index contributed by atoms with van der Waals surface area (Å²) in [5, 5.41) is 3.58. The molecule has 21 heavy (non-hydrogen) atoms. The van der Waals surface area contributed by atoms with Crippen molar-refractivity contribution in [2.75, 3.05) is 6.54 Å². The second kappa shape index (κ2) is 8.23. The van der Waals surface area contributed by atoms with Gasteiger partial charge in [0.15, 0.2) is 0 Å². The minimum Gasteiger partial charge on any atom is -0.314 e. The maximum Gasteiger partial charge on any atom is 0.143 e. The lowest BCUT2D eigenvalue weighted by atomic mass is 9.92. The number of benzene rings is 1. The first kappa shape index (κ1) is 16.9. The molecule has 4 heteroatoms. The average Bonchev–Trinajstić information content (AvgIpc) is 3.00. The normalized spacial score (nSPS) is 17.3. The fourth-order valence-corrected chi connectivity index (χ4v) is 3.66. The van der Waals surface area contributed by atoms with Crippen molar-refractivity contribution < 1.29 is 8.78 Å². The summed E-state index contributed by atoms with van der Waals surface area (Å²) in [6.07, 6.45) is 7.39. The van der Waals surface area contributed by atoms with Crippen LogP contribution in [0.15, 0.2) is 16.6 Å². The lowest BCUT2D eigenvalue weighted by Crippen LogP contribution is -2.36. The number of hydrogen-bond acceptors (Lipinski definition) is 1. The highest BCUT2D eigenvalue weighted by molar-refractivity contribution is 9.10. The summed E-state index contributed by atoms with van der Waals surface area (Å²) in [4.78, 5) is 0. The summed E-state index contributed by atoms with van der Waals surface area (Å²) in [5.74, 6) is -0.221. The number of halogens is 3. The van der Waals surface area contributed by atoms with Crippen molar-refractivity contribution in [3.05, 3.63) is 33.8 Å². The Morgan fingerprint density at radius 1 is 1.29 bits per heavy atom. The minimum absolute atomic E-state index is 0.214. The van der Waals surface area contributed by atoms with Crippen LogP contribution in [0.1, 0.15) is 51.0 Å². The van der Waals surface area contributed by atoms with E-state index in [2.05, 4.69) is 28.2 Å². The number of nitrogens with one attached hydrogen (secondary N) is 1. The standard InChI is InChI=1S/C17H24BrF2N/c1-2-11-21-16(12-5-3-4-6-12)10-7-13-15(19)9-8-14(18)17(13)20/h8-9,12,16,21H,2-7,10-11H2,1H3. The highest BCUT2D eigenvalue weighted by atomic mass is 79.9. The van der Waals surface area contributed by atoms with Crippen molar-refractivity contribution in [2.24, 2.45) is 5.92 Å². The third kappa shape index (κ3) is 4.49. The van der Waals surface area contributed by atoms with Gasteiger partial charge in [0, 0.05) is 11.6 Å². The zero-order chi connectivity index (χ0) is 15.2. The maximum absolute atomic E-state index is 14.0. The van der Waals surface area contributed by atoms with Crippen LogP contribution in [-0.4, -0.2) is 12.6 Å². The molecule has 1 aliphatic carbocycles. The molecule has 0 aliphatic heterocycles. The van der Waals surface area contributed by atoms with Gasteiger partial charge in [-0.15, -0.1) is 0 Å². The molecule has 0 radical (unpaired) electrons. The molecule has 0 heterocycles. The molecular formula is C17H24BrF2N. The highest BCUT2D eigenvalue weighted by Crippen LogP contribution is 2.30. The quantitative estimate of drug-likeness (QED) is 0.658. The fourth-order valence-electron chi connectivity index (χ4n) is 3.29. The molecule has 1 saturated carbocycles. The van der Waals surface area contributed by atoms with Gasteiger partial charge in [-0.05, 0) is 72.6 Å². The van der Waals surface area contributed by atoms with E-state index < -0.39 is 11.6 Å². The number of hydrogen-bond donors (Lipinski definition) is 1. The molecule has 1 atom stereocenters. The van der Waals surface area contributed by atoms with Crippen LogP contribution >= 0.6 is 15.9 Å². The molecule has 0 aromatic heterocycles. The molecule has 0 amide bonds. The molecule has 1 unspecified atom stereocenters.